The van der Waals surface area contributed by atoms with E-state index < -0.39 is 0 Å². The third-order valence-electron chi connectivity index (χ3n) is 1.92. The molecule has 0 aliphatic heterocycles. The summed E-state index contributed by atoms with van der Waals surface area (Å²) in [5.41, 5.74) is 0. The van der Waals surface area contributed by atoms with Gasteiger partial charge in [0.05, 0.1) is 13.2 Å². The lowest BCUT2D eigenvalue weighted by Gasteiger charge is -2.03. The van der Waals surface area contributed by atoms with Gasteiger partial charge in [0.25, 0.3) is 0 Å². The third-order valence-corrected chi connectivity index (χ3v) is 1.92. The quantitative estimate of drug-likeness (QED) is 0.659. The highest BCUT2D eigenvalue weighted by Crippen LogP contribution is 1.93. The molecule has 0 radical (unpaired) electrons. The van der Waals surface area contributed by atoms with Crippen LogP contribution in [0, 0.1) is 6.92 Å². The largest absolute Gasteiger partial charge is 0.380 e. The summed E-state index contributed by atoms with van der Waals surface area (Å²) >= 11 is 0. The average molecular weight is 213 g/mol. The Labute approximate surface area is 90.2 Å². The van der Waals surface area contributed by atoms with E-state index >= 15 is 0 Å². The van der Waals surface area contributed by atoms with Crippen molar-refractivity contribution in [1.82, 2.24) is 15.5 Å². The number of nitrogens with one attached hydrogen (secondary N) is 1. The maximum Gasteiger partial charge on any atom is 0.223 e. The molecule has 0 bridgehead atoms. The number of hydrogen-bond acceptors (Lipinski definition) is 5. The number of ether oxygens (including phenoxy) is 1. The molecular formula is C10H19N3O2. The molecule has 0 saturated carbocycles. The van der Waals surface area contributed by atoms with Gasteiger partial charge in [-0.25, -0.2) is 0 Å². The maximum absolute atomic E-state index is 5.39. The Bertz CT molecular complexity index is 263. The van der Waals surface area contributed by atoms with Gasteiger partial charge >= 0.3 is 0 Å². The average Bonchev–Trinajstić information content (AvgIpc) is 2.63. The molecule has 0 aliphatic carbocycles. The van der Waals surface area contributed by atoms with Crippen LogP contribution in [0.4, 0.5) is 0 Å². The number of nitrogens with zero attached hydrogens (tertiary/aromatic N) is 2. The Balaban J connectivity index is 1.93. The molecule has 5 heteroatoms. The van der Waals surface area contributed by atoms with Crippen LogP contribution in [-0.2, 0) is 11.3 Å². The van der Waals surface area contributed by atoms with E-state index in [-0.39, 0.29) is 0 Å². The molecule has 1 aromatic rings. The SMILES string of the molecule is CCCCOCCNCc1noc(C)n1. The van der Waals surface area contributed by atoms with E-state index in [9.17, 15) is 0 Å². The summed E-state index contributed by atoms with van der Waals surface area (Å²) in [6.45, 7) is 6.96. The van der Waals surface area contributed by atoms with Gasteiger partial charge in [-0.3, -0.25) is 0 Å². The minimum atomic E-state index is 0.603. The molecule has 1 rings (SSSR count). The lowest BCUT2D eigenvalue weighted by atomic mass is 10.4. The van der Waals surface area contributed by atoms with Gasteiger partial charge in [-0.1, -0.05) is 18.5 Å². The van der Waals surface area contributed by atoms with Gasteiger partial charge in [0, 0.05) is 20.1 Å². The highest BCUT2D eigenvalue weighted by Gasteiger charge is 2.00. The molecule has 15 heavy (non-hydrogen) atoms. The van der Waals surface area contributed by atoms with Crippen LogP contribution in [0.25, 0.3) is 0 Å². The lowest BCUT2D eigenvalue weighted by molar-refractivity contribution is 0.132. The van der Waals surface area contributed by atoms with E-state index in [2.05, 4.69) is 22.4 Å². The van der Waals surface area contributed by atoms with Crippen LogP contribution in [-0.4, -0.2) is 29.9 Å². The molecule has 0 saturated heterocycles. The molecule has 86 valence electrons. The van der Waals surface area contributed by atoms with Gasteiger partial charge in [-0.05, 0) is 6.42 Å². The van der Waals surface area contributed by atoms with Crippen LogP contribution in [0.15, 0.2) is 4.52 Å². The first-order chi connectivity index (χ1) is 7.33. The van der Waals surface area contributed by atoms with Gasteiger partial charge in [-0.2, -0.15) is 4.98 Å². The summed E-state index contributed by atoms with van der Waals surface area (Å²) in [7, 11) is 0. The van der Waals surface area contributed by atoms with Crippen molar-refractivity contribution in [2.75, 3.05) is 19.8 Å². The normalized spacial score (nSPS) is 10.8. The van der Waals surface area contributed by atoms with Crippen LogP contribution >= 0.6 is 0 Å². The van der Waals surface area contributed by atoms with Gasteiger partial charge in [0.15, 0.2) is 5.82 Å². The molecule has 1 heterocycles. The lowest BCUT2D eigenvalue weighted by Crippen LogP contribution is -2.20. The summed E-state index contributed by atoms with van der Waals surface area (Å²) in [5.74, 6) is 1.30. The fourth-order valence-corrected chi connectivity index (χ4v) is 1.11. The van der Waals surface area contributed by atoms with E-state index in [4.69, 9.17) is 9.26 Å². The monoisotopic (exact) mass is 213 g/mol. The zero-order chi connectivity index (χ0) is 10.9. The second-order valence-electron chi connectivity index (χ2n) is 3.37. The molecule has 1 aromatic heterocycles. The Hall–Kier alpha value is -0.940. The molecule has 1 N–H and O–H groups in total. The van der Waals surface area contributed by atoms with E-state index in [0.717, 1.165) is 26.2 Å². The van der Waals surface area contributed by atoms with Crippen LogP contribution in [0.1, 0.15) is 31.5 Å². The first kappa shape index (κ1) is 12.1. The first-order valence-corrected chi connectivity index (χ1v) is 5.40. The molecule has 0 unspecified atom stereocenters. The van der Waals surface area contributed by atoms with Gasteiger partial charge in [-0.15, -0.1) is 0 Å². The number of rotatable bonds is 8. The second kappa shape index (κ2) is 7.36. The minimum Gasteiger partial charge on any atom is -0.380 e. The Morgan fingerprint density at radius 3 is 2.93 bits per heavy atom. The molecule has 5 nitrogen and oxygen atoms in total. The maximum atomic E-state index is 5.39. The van der Waals surface area contributed by atoms with Crippen molar-refractivity contribution in [2.24, 2.45) is 0 Å². The second-order valence-corrected chi connectivity index (χ2v) is 3.37. The van der Waals surface area contributed by atoms with Crippen molar-refractivity contribution < 1.29 is 9.26 Å². The summed E-state index contributed by atoms with van der Waals surface area (Å²) in [4.78, 5) is 4.08. The number of unbranched alkanes of at least 4 members (excludes halogenated alkanes) is 1. The smallest absolute Gasteiger partial charge is 0.223 e. The highest BCUT2D eigenvalue weighted by molar-refractivity contribution is 4.82. The summed E-state index contributed by atoms with van der Waals surface area (Å²) < 4.78 is 10.2. The molecule has 0 amide bonds. The fraction of sp³-hybridized carbons (Fsp3) is 0.800. The van der Waals surface area contributed by atoms with Crippen molar-refractivity contribution in [3.8, 4) is 0 Å². The van der Waals surface area contributed by atoms with E-state index in [0.29, 0.717) is 18.3 Å². The van der Waals surface area contributed by atoms with Gasteiger partial charge in [0.1, 0.15) is 0 Å². The Morgan fingerprint density at radius 2 is 2.27 bits per heavy atom. The van der Waals surface area contributed by atoms with Crippen LogP contribution < -0.4 is 5.32 Å². The summed E-state index contributed by atoms with van der Waals surface area (Å²) in [6, 6.07) is 0. The first-order valence-electron chi connectivity index (χ1n) is 5.40. The van der Waals surface area contributed by atoms with Crippen LogP contribution in [0.2, 0.25) is 0 Å². The van der Waals surface area contributed by atoms with Crippen molar-refractivity contribution in [3.63, 3.8) is 0 Å². The molecule has 0 spiro atoms. The van der Waals surface area contributed by atoms with Crippen molar-refractivity contribution in [2.45, 2.75) is 33.2 Å². The Kier molecular flexibility index (Phi) is 5.96. The third kappa shape index (κ3) is 5.49. The predicted octanol–water partition coefficient (Wildman–Crippen LogP) is 1.28. The summed E-state index contributed by atoms with van der Waals surface area (Å²) in [5, 5.41) is 6.96. The van der Waals surface area contributed by atoms with E-state index in [1.54, 1.807) is 6.92 Å². The zero-order valence-corrected chi connectivity index (χ0v) is 9.45. The molecule has 0 fully saturated rings. The van der Waals surface area contributed by atoms with E-state index in [1.165, 1.54) is 6.42 Å². The molecule has 0 atom stereocenters. The van der Waals surface area contributed by atoms with Crippen LogP contribution in [0.3, 0.4) is 0 Å². The van der Waals surface area contributed by atoms with Crippen molar-refractivity contribution in [3.05, 3.63) is 11.7 Å². The number of aromatic nitrogens is 2. The minimum absolute atomic E-state index is 0.603. The Morgan fingerprint density at radius 1 is 1.40 bits per heavy atom. The van der Waals surface area contributed by atoms with Crippen molar-refractivity contribution >= 4 is 0 Å². The topological polar surface area (TPSA) is 60.2 Å². The zero-order valence-electron chi connectivity index (χ0n) is 9.45. The fourth-order valence-electron chi connectivity index (χ4n) is 1.11. The molecular weight excluding hydrogens is 194 g/mol. The van der Waals surface area contributed by atoms with Crippen molar-refractivity contribution in [1.29, 1.82) is 0 Å². The summed E-state index contributed by atoms with van der Waals surface area (Å²) in [6.07, 6.45) is 2.31. The molecule has 0 aromatic carbocycles. The predicted molar refractivity (Wildman–Crippen MR) is 56.5 cm³/mol. The van der Waals surface area contributed by atoms with E-state index in [1.807, 2.05) is 0 Å². The van der Waals surface area contributed by atoms with Gasteiger partial charge in [0.2, 0.25) is 5.89 Å². The number of aryl methyl sites for hydroxylation is 1. The van der Waals surface area contributed by atoms with Gasteiger partial charge < -0.3 is 14.6 Å². The highest BCUT2D eigenvalue weighted by atomic mass is 16.5. The molecule has 0 aliphatic rings. The standard InChI is InChI=1S/C10H19N3O2/c1-3-4-6-14-7-5-11-8-10-12-9(2)15-13-10/h11H,3-8H2,1-2H3. The number of hydrogen-bond donors (Lipinski definition) is 1. The van der Waals surface area contributed by atoms with Crippen LogP contribution in [0.5, 0.6) is 0 Å².